The van der Waals surface area contributed by atoms with Crippen molar-refractivity contribution >= 4 is 5.82 Å². The molecule has 0 saturated carbocycles. The standard InChI is InChI=1S/C16H28N2O/c1-6-16(7-2,12-19)11-18-14-9-8-13(10-17-14)15(3,4)5/h8-10,19H,6-7,11-12H2,1-5H3,(H,17,18). The summed E-state index contributed by atoms with van der Waals surface area (Å²) in [5, 5.41) is 12.9. The molecule has 0 spiro atoms. The average molecular weight is 264 g/mol. The molecule has 3 nitrogen and oxygen atoms in total. The highest BCUT2D eigenvalue weighted by Gasteiger charge is 2.25. The molecule has 0 saturated heterocycles. The molecule has 0 atom stereocenters. The molecular formula is C16H28N2O. The zero-order valence-corrected chi connectivity index (χ0v) is 13.0. The molecule has 2 N–H and O–H groups in total. The Labute approximate surface area is 117 Å². The van der Waals surface area contributed by atoms with Gasteiger partial charge in [0.15, 0.2) is 0 Å². The summed E-state index contributed by atoms with van der Waals surface area (Å²) in [5.41, 5.74) is 1.33. The number of aromatic nitrogens is 1. The maximum atomic E-state index is 9.54. The summed E-state index contributed by atoms with van der Waals surface area (Å²) in [5.74, 6) is 0.882. The van der Waals surface area contributed by atoms with Crippen molar-refractivity contribution in [3.8, 4) is 0 Å². The van der Waals surface area contributed by atoms with Crippen molar-refractivity contribution in [3.63, 3.8) is 0 Å². The summed E-state index contributed by atoms with van der Waals surface area (Å²) in [7, 11) is 0. The first kappa shape index (κ1) is 16.0. The lowest BCUT2D eigenvalue weighted by Crippen LogP contribution is -2.32. The van der Waals surface area contributed by atoms with Gasteiger partial charge in [-0.05, 0) is 29.9 Å². The van der Waals surface area contributed by atoms with Gasteiger partial charge in [-0.2, -0.15) is 0 Å². The molecule has 0 fully saturated rings. The van der Waals surface area contributed by atoms with E-state index in [-0.39, 0.29) is 17.4 Å². The topological polar surface area (TPSA) is 45.1 Å². The van der Waals surface area contributed by atoms with Crippen molar-refractivity contribution in [1.29, 1.82) is 0 Å². The largest absolute Gasteiger partial charge is 0.396 e. The molecule has 1 heterocycles. The summed E-state index contributed by atoms with van der Waals surface area (Å²) in [6, 6.07) is 4.14. The van der Waals surface area contributed by atoms with Crippen LogP contribution in [0, 0.1) is 5.41 Å². The van der Waals surface area contributed by atoms with Crippen molar-refractivity contribution in [3.05, 3.63) is 23.9 Å². The minimum Gasteiger partial charge on any atom is -0.396 e. The van der Waals surface area contributed by atoms with Gasteiger partial charge in [0.25, 0.3) is 0 Å². The SMILES string of the molecule is CCC(CC)(CO)CNc1ccc(C(C)(C)C)cn1. The Balaban J connectivity index is 2.69. The van der Waals surface area contributed by atoms with Crippen LogP contribution in [-0.4, -0.2) is 23.2 Å². The van der Waals surface area contributed by atoms with Crippen molar-refractivity contribution in [2.75, 3.05) is 18.5 Å². The van der Waals surface area contributed by atoms with E-state index in [1.807, 2.05) is 12.3 Å². The lowest BCUT2D eigenvalue weighted by Gasteiger charge is -2.29. The predicted octanol–water partition coefficient (Wildman–Crippen LogP) is 3.59. The molecule has 1 aromatic rings. The molecular weight excluding hydrogens is 236 g/mol. The van der Waals surface area contributed by atoms with Gasteiger partial charge in [0.2, 0.25) is 0 Å². The van der Waals surface area contributed by atoms with E-state index in [2.05, 4.69) is 51.0 Å². The minimum absolute atomic E-state index is 0.0373. The van der Waals surface area contributed by atoms with Crippen LogP contribution in [-0.2, 0) is 5.41 Å². The van der Waals surface area contributed by atoms with Gasteiger partial charge in [0.1, 0.15) is 5.82 Å². The Morgan fingerprint density at radius 2 is 1.79 bits per heavy atom. The number of rotatable bonds is 6. The second-order valence-electron chi connectivity index (χ2n) is 6.40. The fourth-order valence-electron chi connectivity index (χ4n) is 2.00. The Bertz CT molecular complexity index is 366. The number of hydrogen-bond acceptors (Lipinski definition) is 3. The van der Waals surface area contributed by atoms with Crippen molar-refractivity contribution in [1.82, 2.24) is 4.98 Å². The van der Waals surface area contributed by atoms with Crippen LogP contribution in [0.2, 0.25) is 0 Å². The second-order valence-corrected chi connectivity index (χ2v) is 6.40. The number of nitrogens with one attached hydrogen (secondary N) is 1. The van der Waals surface area contributed by atoms with E-state index in [4.69, 9.17) is 0 Å². The molecule has 19 heavy (non-hydrogen) atoms. The van der Waals surface area contributed by atoms with Crippen LogP contribution in [0.15, 0.2) is 18.3 Å². The Morgan fingerprint density at radius 3 is 2.16 bits per heavy atom. The fourth-order valence-corrected chi connectivity index (χ4v) is 2.00. The van der Waals surface area contributed by atoms with Crippen LogP contribution in [0.4, 0.5) is 5.82 Å². The quantitative estimate of drug-likeness (QED) is 0.825. The Kier molecular flexibility index (Phi) is 5.36. The van der Waals surface area contributed by atoms with Crippen LogP contribution in [0.3, 0.4) is 0 Å². The molecule has 0 aliphatic heterocycles. The van der Waals surface area contributed by atoms with E-state index in [0.29, 0.717) is 0 Å². The number of nitrogens with zero attached hydrogens (tertiary/aromatic N) is 1. The van der Waals surface area contributed by atoms with Gasteiger partial charge in [-0.25, -0.2) is 4.98 Å². The van der Waals surface area contributed by atoms with Gasteiger partial charge in [0.05, 0.1) is 6.61 Å². The van der Waals surface area contributed by atoms with E-state index >= 15 is 0 Å². The van der Waals surface area contributed by atoms with E-state index < -0.39 is 0 Å². The summed E-state index contributed by atoms with van der Waals surface area (Å²) >= 11 is 0. The number of aliphatic hydroxyl groups excluding tert-OH is 1. The molecule has 0 aliphatic carbocycles. The zero-order valence-electron chi connectivity index (χ0n) is 13.0. The van der Waals surface area contributed by atoms with E-state index in [1.165, 1.54) is 5.56 Å². The van der Waals surface area contributed by atoms with Crippen molar-refractivity contribution < 1.29 is 5.11 Å². The van der Waals surface area contributed by atoms with Gasteiger partial charge in [-0.15, -0.1) is 0 Å². The van der Waals surface area contributed by atoms with Gasteiger partial charge < -0.3 is 10.4 Å². The normalized spacial score (nSPS) is 12.5. The van der Waals surface area contributed by atoms with Gasteiger partial charge >= 0.3 is 0 Å². The highest BCUT2D eigenvalue weighted by atomic mass is 16.3. The summed E-state index contributed by atoms with van der Waals surface area (Å²) < 4.78 is 0. The summed E-state index contributed by atoms with van der Waals surface area (Å²) in [6.07, 6.45) is 3.86. The first-order valence-corrected chi connectivity index (χ1v) is 7.18. The first-order valence-electron chi connectivity index (χ1n) is 7.18. The van der Waals surface area contributed by atoms with E-state index in [1.54, 1.807) is 0 Å². The first-order chi connectivity index (χ1) is 8.87. The monoisotopic (exact) mass is 264 g/mol. The Hall–Kier alpha value is -1.09. The second kappa shape index (κ2) is 6.38. The highest BCUT2D eigenvalue weighted by molar-refractivity contribution is 5.37. The van der Waals surface area contributed by atoms with Gasteiger partial charge in [-0.1, -0.05) is 40.7 Å². The van der Waals surface area contributed by atoms with Crippen LogP contribution in [0.1, 0.15) is 53.0 Å². The third-order valence-electron chi connectivity index (χ3n) is 4.11. The molecule has 0 aliphatic rings. The maximum absolute atomic E-state index is 9.54. The van der Waals surface area contributed by atoms with Crippen LogP contribution in [0.25, 0.3) is 0 Å². The van der Waals surface area contributed by atoms with Crippen molar-refractivity contribution in [2.45, 2.75) is 52.9 Å². The third-order valence-corrected chi connectivity index (χ3v) is 4.11. The average Bonchev–Trinajstić information content (AvgIpc) is 2.40. The zero-order chi connectivity index (χ0) is 14.5. The van der Waals surface area contributed by atoms with Crippen molar-refractivity contribution in [2.24, 2.45) is 5.41 Å². The molecule has 1 rings (SSSR count). The molecule has 0 unspecified atom stereocenters. The predicted molar refractivity (Wildman–Crippen MR) is 81.5 cm³/mol. The maximum Gasteiger partial charge on any atom is 0.125 e. The smallest absolute Gasteiger partial charge is 0.125 e. The molecule has 108 valence electrons. The number of pyridine rings is 1. The molecule has 0 bridgehead atoms. The Morgan fingerprint density at radius 1 is 1.16 bits per heavy atom. The molecule has 0 radical (unpaired) electrons. The minimum atomic E-state index is -0.0373. The molecule has 0 amide bonds. The third kappa shape index (κ3) is 4.20. The summed E-state index contributed by atoms with van der Waals surface area (Å²) in [6.45, 7) is 11.8. The number of aliphatic hydroxyl groups is 1. The lowest BCUT2D eigenvalue weighted by molar-refractivity contribution is 0.127. The number of hydrogen-bond donors (Lipinski definition) is 2. The lowest BCUT2D eigenvalue weighted by atomic mass is 9.83. The van der Waals surface area contributed by atoms with Crippen LogP contribution >= 0.6 is 0 Å². The fraction of sp³-hybridized carbons (Fsp3) is 0.688. The van der Waals surface area contributed by atoms with Gasteiger partial charge in [-0.3, -0.25) is 0 Å². The molecule has 1 aromatic heterocycles. The van der Waals surface area contributed by atoms with Crippen LogP contribution in [0.5, 0.6) is 0 Å². The highest BCUT2D eigenvalue weighted by Crippen LogP contribution is 2.26. The van der Waals surface area contributed by atoms with Crippen LogP contribution < -0.4 is 5.32 Å². The van der Waals surface area contributed by atoms with Gasteiger partial charge in [0, 0.05) is 18.2 Å². The van der Waals surface area contributed by atoms with E-state index in [9.17, 15) is 5.11 Å². The van der Waals surface area contributed by atoms with E-state index in [0.717, 1.165) is 25.2 Å². The molecule has 3 heteroatoms. The molecule has 0 aromatic carbocycles. The number of anilines is 1. The summed E-state index contributed by atoms with van der Waals surface area (Å²) in [4.78, 5) is 4.46.